The van der Waals surface area contributed by atoms with Crippen molar-refractivity contribution in [3.63, 3.8) is 0 Å². The van der Waals surface area contributed by atoms with E-state index in [1.165, 1.54) is 12.4 Å². The Balaban J connectivity index is 2.69. The Morgan fingerprint density at radius 2 is 2.42 bits per heavy atom. The van der Waals surface area contributed by atoms with Crippen LogP contribution in [0.2, 0.25) is 5.15 Å². The quantitative estimate of drug-likeness (QED) is 0.727. The molecule has 64 valence electrons. The molecule has 0 bridgehead atoms. The summed E-state index contributed by atoms with van der Waals surface area (Å²) in [7, 11) is 1.57. The van der Waals surface area contributed by atoms with Crippen molar-refractivity contribution < 1.29 is 4.79 Å². The molecular weight excluding hydrogens is 178 g/mol. The van der Waals surface area contributed by atoms with Gasteiger partial charge in [-0.2, -0.15) is 0 Å². The van der Waals surface area contributed by atoms with Gasteiger partial charge < -0.3 is 5.32 Å². The lowest BCUT2D eigenvalue weighted by molar-refractivity contribution is -0.120. The van der Waals surface area contributed by atoms with Crippen LogP contribution < -0.4 is 5.32 Å². The van der Waals surface area contributed by atoms with E-state index in [-0.39, 0.29) is 12.3 Å². The number of hydrogen-bond acceptors (Lipinski definition) is 3. The SMILES string of the molecule is CNC(=O)Cc1cncc(Cl)n1. The number of hydrogen-bond donors (Lipinski definition) is 1. The van der Waals surface area contributed by atoms with E-state index in [2.05, 4.69) is 15.3 Å². The van der Waals surface area contributed by atoms with Crippen molar-refractivity contribution in [1.29, 1.82) is 0 Å². The van der Waals surface area contributed by atoms with Crippen LogP contribution in [0.3, 0.4) is 0 Å². The molecule has 0 atom stereocenters. The van der Waals surface area contributed by atoms with Gasteiger partial charge in [-0.15, -0.1) is 0 Å². The predicted molar refractivity (Wildman–Crippen MR) is 44.8 cm³/mol. The van der Waals surface area contributed by atoms with Crippen LogP contribution in [0.4, 0.5) is 0 Å². The molecule has 1 amide bonds. The first-order chi connectivity index (χ1) is 5.72. The standard InChI is InChI=1S/C7H8ClN3O/c1-9-7(12)2-5-3-10-4-6(8)11-5/h3-4H,2H2,1H3,(H,9,12). The van der Waals surface area contributed by atoms with Gasteiger partial charge in [-0.05, 0) is 0 Å². The van der Waals surface area contributed by atoms with Crippen LogP contribution in [0.25, 0.3) is 0 Å². The molecule has 1 aromatic rings. The average molecular weight is 186 g/mol. The third kappa shape index (κ3) is 2.47. The Labute approximate surface area is 75.0 Å². The molecule has 0 fully saturated rings. The second-order valence-electron chi connectivity index (χ2n) is 2.18. The first-order valence-electron chi connectivity index (χ1n) is 3.39. The minimum atomic E-state index is -0.105. The van der Waals surface area contributed by atoms with Crippen molar-refractivity contribution in [3.8, 4) is 0 Å². The van der Waals surface area contributed by atoms with E-state index in [9.17, 15) is 4.79 Å². The number of carbonyl (C=O) groups excluding carboxylic acids is 1. The van der Waals surface area contributed by atoms with Gasteiger partial charge in [0.2, 0.25) is 5.91 Å². The lowest BCUT2D eigenvalue weighted by Gasteiger charge is -1.98. The lowest BCUT2D eigenvalue weighted by atomic mass is 10.3. The minimum absolute atomic E-state index is 0.105. The monoisotopic (exact) mass is 185 g/mol. The van der Waals surface area contributed by atoms with Crippen molar-refractivity contribution in [2.24, 2.45) is 0 Å². The minimum Gasteiger partial charge on any atom is -0.359 e. The van der Waals surface area contributed by atoms with E-state index in [1.807, 2.05) is 0 Å². The number of aromatic nitrogens is 2. The van der Waals surface area contributed by atoms with Crippen molar-refractivity contribution in [1.82, 2.24) is 15.3 Å². The Morgan fingerprint density at radius 3 is 3.00 bits per heavy atom. The molecule has 12 heavy (non-hydrogen) atoms. The molecule has 1 rings (SSSR count). The van der Waals surface area contributed by atoms with Crippen molar-refractivity contribution in [2.75, 3.05) is 7.05 Å². The highest BCUT2D eigenvalue weighted by molar-refractivity contribution is 6.29. The lowest BCUT2D eigenvalue weighted by Crippen LogP contribution is -2.20. The first kappa shape index (κ1) is 8.93. The van der Waals surface area contributed by atoms with Gasteiger partial charge in [-0.3, -0.25) is 9.78 Å². The zero-order valence-electron chi connectivity index (χ0n) is 6.54. The van der Waals surface area contributed by atoms with Crippen molar-refractivity contribution in [3.05, 3.63) is 23.2 Å². The summed E-state index contributed by atoms with van der Waals surface area (Å²) in [5, 5.41) is 2.79. The highest BCUT2D eigenvalue weighted by Gasteiger charge is 2.02. The number of amides is 1. The predicted octanol–water partition coefficient (Wildman–Crippen LogP) is 0.418. The zero-order valence-corrected chi connectivity index (χ0v) is 7.30. The molecule has 5 heteroatoms. The Morgan fingerprint density at radius 1 is 1.67 bits per heavy atom. The number of halogens is 1. The summed E-state index contributed by atoms with van der Waals surface area (Å²) in [6.45, 7) is 0. The fourth-order valence-electron chi connectivity index (χ4n) is 0.718. The Kier molecular flexibility index (Phi) is 2.99. The first-order valence-corrected chi connectivity index (χ1v) is 3.77. The molecule has 0 radical (unpaired) electrons. The second-order valence-corrected chi connectivity index (χ2v) is 2.57. The van der Waals surface area contributed by atoms with E-state index in [0.717, 1.165) is 0 Å². The highest BCUT2D eigenvalue weighted by atomic mass is 35.5. The molecule has 4 nitrogen and oxygen atoms in total. The van der Waals surface area contributed by atoms with Gasteiger partial charge in [-0.25, -0.2) is 4.98 Å². The number of rotatable bonds is 2. The summed E-state index contributed by atoms with van der Waals surface area (Å²) in [4.78, 5) is 18.6. The summed E-state index contributed by atoms with van der Waals surface area (Å²) >= 11 is 5.57. The van der Waals surface area contributed by atoms with Crippen LogP contribution >= 0.6 is 11.6 Å². The molecule has 1 N–H and O–H groups in total. The number of likely N-dealkylation sites (N-methyl/N-ethyl adjacent to an activating group) is 1. The highest BCUT2D eigenvalue weighted by Crippen LogP contribution is 2.02. The summed E-state index contributed by atoms with van der Waals surface area (Å²) < 4.78 is 0. The van der Waals surface area contributed by atoms with Crippen molar-refractivity contribution in [2.45, 2.75) is 6.42 Å². The van der Waals surface area contributed by atoms with Crippen LogP contribution in [-0.4, -0.2) is 22.9 Å². The number of nitrogens with zero attached hydrogens (tertiary/aromatic N) is 2. The van der Waals surface area contributed by atoms with E-state index in [1.54, 1.807) is 7.05 Å². The topological polar surface area (TPSA) is 54.9 Å². The smallest absolute Gasteiger partial charge is 0.225 e. The fraction of sp³-hybridized carbons (Fsp3) is 0.286. The van der Waals surface area contributed by atoms with E-state index >= 15 is 0 Å². The van der Waals surface area contributed by atoms with Gasteiger partial charge in [0.25, 0.3) is 0 Å². The summed E-state index contributed by atoms with van der Waals surface area (Å²) in [6.07, 6.45) is 3.15. The van der Waals surface area contributed by atoms with Gasteiger partial charge in [-0.1, -0.05) is 11.6 Å². The van der Waals surface area contributed by atoms with E-state index in [0.29, 0.717) is 10.8 Å². The third-order valence-electron chi connectivity index (χ3n) is 1.28. The zero-order chi connectivity index (χ0) is 8.97. The van der Waals surface area contributed by atoms with Gasteiger partial charge in [0.05, 0.1) is 18.3 Å². The molecular formula is C7H8ClN3O. The van der Waals surface area contributed by atoms with Gasteiger partial charge >= 0.3 is 0 Å². The van der Waals surface area contributed by atoms with Gasteiger partial charge in [0.1, 0.15) is 5.15 Å². The molecule has 0 spiro atoms. The maximum atomic E-state index is 10.9. The van der Waals surface area contributed by atoms with Crippen LogP contribution in [0.1, 0.15) is 5.69 Å². The molecule has 1 aromatic heterocycles. The molecule has 0 saturated carbocycles. The van der Waals surface area contributed by atoms with Crippen LogP contribution in [0.15, 0.2) is 12.4 Å². The molecule has 0 aliphatic heterocycles. The van der Waals surface area contributed by atoms with Crippen LogP contribution in [0, 0.1) is 0 Å². The largest absolute Gasteiger partial charge is 0.359 e. The van der Waals surface area contributed by atoms with Gasteiger partial charge in [0.15, 0.2) is 0 Å². The Hall–Kier alpha value is -1.16. The molecule has 1 heterocycles. The summed E-state index contributed by atoms with van der Waals surface area (Å²) in [5.74, 6) is -0.105. The fourth-order valence-corrected chi connectivity index (χ4v) is 0.883. The van der Waals surface area contributed by atoms with E-state index < -0.39 is 0 Å². The average Bonchev–Trinajstić information content (AvgIpc) is 2.04. The molecule has 0 aliphatic rings. The maximum absolute atomic E-state index is 10.9. The normalized spacial score (nSPS) is 9.50. The Bertz CT molecular complexity index is 290. The van der Waals surface area contributed by atoms with Gasteiger partial charge in [0, 0.05) is 13.2 Å². The second kappa shape index (κ2) is 4.01. The molecule has 0 unspecified atom stereocenters. The number of nitrogens with one attached hydrogen (secondary N) is 1. The summed E-state index contributed by atoms with van der Waals surface area (Å²) in [5.41, 5.74) is 0.571. The van der Waals surface area contributed by atoms with Crippen LogP contribution in [0.5, 0.6) is 0 Å². The summed E-state index contributed by atoms with van der Waals surface area (Å²) in [6, 6.07) is 0. The van der Waals surface area contributed by atoms with E-state index in [4.69, 9.17) is 11.6 Å². The molecule has 0 aliphatic carbocycles. The number of carbonyl (C=O) groups is 1. The van der Waals surface area contributed by atoms with Crippen molar-refractivity contribution >= 4 is 17.5 Å². The maximum Gasteiger partial charge on any atom is 0.225 e. The third-order valence-corrected chi connectivity index (χ3v) is 1.46. The van der Waals surface area contributed by atoms with Crippen LogP contribution in [-0.2, 0) is 11.2 Å². The molecule has 0 aromatic carbocycles. The molecule has 0 saturated heterocycles.